The molecule has 1 aliphatic rings. The molecular formula is C20H25N3O2S2. The third-order valence-corrected chi connectivity index (χ3v) is 6.42. The first kappa shape index (κ1) is 19.8. The molecule has 0 radical (unpaired) electrons. The van der Waals surface area contributed by atoms with Crippen LogP contribution in [-0.2, 0) is 16.4 Å². The molecule has 5 nitrogen and oxygen atoms in total. The average molecular weight is 404 g/mol. The van der Waals surface area contributed by atoms with Gasteiger partial charge < -0.3 is 10.6 Å². The van der Waals surface area contributed by atoms with Crippen molar-refractivity contribution >= 4 is 33.0 Å². The highest BCUT2D eigenvalue weighted by Crippen LogP contribution is 2.20. The Morgan fingerprint density at radius 1 is 1.00 bits per heavy atom. The number of hydrogen-bond donors (Lipinski definition) is 3. The predicted molar refractivity (Wildman–Crippen MR) is 113 cm³/mol. The highest BCUT2D eigenvalue weighted by atomic mass is 32.2. The summed E-state index contributed by atoms with van der Waals surface area (Å²) in [7, 11) is -3.43. The van der Waals surface area contributed by atoms with Crippen molar-refractivity contribution in [2.45, 2.75) is 43.0 Å². The van der Waals surface area contributed by atoms with Crippen LogP contribution in [0.4, 0.5) is 5.69 Å². The second-order valence-corrected chi connectivity index (χ2v) is 8.87. The molecule has 1 saturated carbocycles. The minimum Gasteiger partial charge on any atom is -0.362 e. The molecule has 0 aliphatic heterocycles. The lowest BCUT2D eigenvalue weighted by Crippen LogP contribution is -2.32. The third kappa shape index (κ3) is 6.02. The first-order chi connectivity index (χ1) is 13.0. The van der Waals surface area contributed by atoms with E-state index in [1.54, 1.807) is 12.1 Å². The Morgan fingerprint density at radius 3 is 2.33 bits per heavy atom. The van der Waals surface area contributed by atoms with Gasteiger partial charge in [-0.15, -0.1) is 0 Å². The van der Waals surface area contributed by atoms with Gasteiger partial charge in [0, 0.05) is 18.3 Å². The van der Waals surface area contributed by atoms with Gasteiger partial charge in [-0.05, 0) is 61.3 Å². The predicted octanol–water partition coefficient (Wildman–Crippen LogP) is 3.44. The largest absolute Gasteiger partial charge is 0.362 e. The van der Waals surface area contributed by atoms with Crippen molar-refractivity contribution in [3.8, 4) is 0 Å². The lowest BCUT2D eigenvalue weighted by molar-refractivity contribution is 0.552. The van der Waals surface area contributed by atoms with Gasteiger partial charge in [0.05, 0.1) is 4.90 Å². The van der Waals surface area contributed by atoms with Crippen LogP contribution < -0.4 is 15.4 Å². The molecule has 27 heavy (non-hydrogen) atoms. The fourth-order valence-electron chi connectivity index (χ4n) is 3.18. The minimum atomic E-state index is -3.43. The minimum absolute atomic E-state index is 0.0806. The lowest BCUT2D eigenvalue weighted by atomic mass is 10.1. The first-order valence-electron chi connectivity index (χ1n) is 9.24. The lowest BCUT2D eigenvalue weighted by Gasteiger charge is -2.13. The summed E-state index contributed by atoms with van der Waals surface area (Å²) in [5.74, 6) is 0. The second-order valence-electron chi connectivity index (χ2n) is 6.74. The number of hydrogen-bond acceptors (Lipinski definition) is 3. The van der Waals surface area contributed by atoms with Gasteiger partial charge in [0.15, 0.2) is 5.11 Å². The summed E-state index contributed by atoms with van der Waals surface area (Å²) < 4.78 is 27.7. The summed E-state index contributed by atoms with van der Waals surface area (Å²) in [5.41, 5.74) is 2.00. The summed E-state index contributed by atoms with van der Waals surface area (Å²) in [5, 5.41) is 6.86. The Kier molecular flexibility index (Phi) is 6.82. The zero-order valence-corrected chi connectivity index (χ0v) is 16.8. The number of nitrogens with one attached hydrogen (secondary N) is 3. The zero-order chi connectivity index (χ0) is 19.1. The SMILES string of the molecule is O=S(=O)(NC1CCCC1)c1ccc(CCNC(=S)Nc2ccccc2)cc1. The van der Waals surface area contributed by atoms with Crippen LogP contribution in [0.1, 0.15) is 31.2 Å². The van der Waals surface area contributed by atoms with Crippen LogP contribution in [0, 0.1) is 0 Å². The maximum atomic E-state index is 12.4. The smallest absolute Gasteiger partial charge is 0.240 e. The van der Waals surface area contributed by atoms with E-state index in [-0.39, 0.29) is 6.04 Å². The molecule has 0 bridgehead atoms. The van der Waals surface area contributed by atoms with Gasteiger partial charge in [0.2, 0.25) is 10.0 Å². The molecule has 1 aliphatic carbocycles. The first-order valence-corrected chi connectivity index (χ1v) is 11.1. The van der Waals surface area contributed by atoms with E-state index in [0.29, 0.717) is 16.6 Å². The van der Waals surface area contributed by atoms with E-state index < -0.39 is 10.0 Å². The van der Waals surface area contributed by atoms with Crippen molar-refractivity contribution in [2.75, 3.05) is 11.9 Å². The van der Waals surface area contributed by atoms with Gasteiger partial charge in [-0.3, -0.25) is 0 Å². The molecule has 2 aromatic carbocycles. The molecule has 7 heteroatoms. The van der Waals surface area contributed by atoms with Crippen molar-refractivity contribution < 1.29 is 8.42 Å². The number of para-hydroxylation sites is 1. The maximum absolute atomic E-state index is 12.4. The Hall–Kier alpha value is -1.96. The second kappa shape index (κ2) is 9.30. The van der Waals surface area contributed by atoms with Crippen molar-refractivity contribution in [3.05, 3.63) is 60.2 Å². The Morgan fingerprint density at radius 2 is 1.67 bits per heavy atom. The number of anilines is 1. The number of benzene rings is 2. The Bertz CT molecular complexity index is 847. The molecule has 0 amide bonds. The van der Waals surface area contributed by atoms with E-state index in [0.717, 1.165) is 43.4 Å². The van der Waals surface area contributed by atoms with Crippen molar-refractivity contribution in [3.63, 3.8) is 0 Å². The number of rotatable bonds is 7. The normalized spacial score (nSPS) is 14.8. The van der Waals surface area contributed by atoms with Crippen LogP contribution in [0.25, 0.3) is 0 Å². The number of thiocarbonyl (C=S) groups is 1. The molecule has 0 heterocycles. The number of sulfonamides is 1. The average Bonchev–Trinajstić information content (AvgIpc) is 3.15. The standard InChI is InChI=1S/C20H25N3O2S2/c24-27(25,23-18-8-4-5-9-18)19-12-10-16(11-13-19)14-15-21-20(26)22-17-6-2-1-3-7-17/h1-3,6-7,10-13,18,23H,4-5,8-9,14-15H2,(H2,21,22,26). The summed E-state index contributed by atoms with van der Waals surface area (Å²) in [6, 6.07) is 16.9. The molecule has 2 aromatic rings. The van der Waals surface area contributed by atoms with Gasteiger partial charge in [0.25, 0.3) is 0 Å². The molecule has 3 rings (SSSR count). The van der Waals surface area contributed by atoms with Crippen LogP contribution in [0.5, 0.6) is 0 Å². The highest BCUT2D eigenvalue weighted by molar-refractivity contribution is 7.89. The molecule has 0 saturated heterocycles. The molecule has 3 N–H and O–H groups in total. The van der Waals surface area contributed by atoms with Crippen LogP contribution in [0.2, 0.25) is 0 Å². The van der Waals surface area contributed by atoms with E-state index in [1.165, 1.54) is 0 Å². The topological polar surface area (TPSA) is 70.2 Å². The Labute approximate surface area is 166 Å². The molecule has 0 unspecified atom stereocenters. The Balaban J connectivity index is 1.46. The molecule has 0 atom stereocenters. The fourth-order valence-corrected chi connectivity index (χ4v) is 4.71. The molecule has 1 fully saturated rings. The van der Waals surface area contributed by atoms with Gasteiger partial charge in [-0.25, -0.2) is 13.1 Å². The van der Waals surface area contributed by atoms with Gasteiger partial charge >= 0.3 is 0 Å². The summed E-state index contributed by atoms with van der Waals surface area (Å²) in [6.45, 7) is 0.672. The van der Waals surface area contributed by atoms with E-state index >= 15 is 0 Å². The van der Waals surface area contributed by atoms with E-state index in [1.807, 2.05) is 42.5 Å². The fraction of sp³-hybridized carbons (Fsp3) is 0.350. The van der Waals surface area contributed by atoms with Crippen LogP contribution in [0.15, 0.2) is 59.5 Å². The summed E-state index contributed by atoms with van der Waals surface area (Å²) >= 11 is 5.28. The highest BCUT2D eigenvalue weighted by Gasteiger charge is 2.22. The monoisotopic (exact) mass is 403 g/mol. The third-order valence-electron chi connectivity index (χ3n) is 4.64. The van der Waals surface area contributed by atoms with Crippen LogP contribution in [0.3, 0.4) is 0 Å². The van der Waals surface area contributed by atoms with Crippen molar-refractivity contribution in [2.24, 2.45) is 0 Å². The van der Waals surface area contributed by atoms with E-state index in [4.69, 9.17) is 12.2 Å². The van der Waals surface area contributed by atoms with E-state index in [9.17, 15) is 8.42 Å². The summed E-state index contributed by atoms with van der Waals surface area (Å²) in [6.07, 6.45) is 4.81. The zero-order valence-electron chi connectivity index (χ0n) is 15.1. The molecule has 0 aromatic heterocycles. The van der Waals surface area contributed by atoms with Crippen LogP contribution >= 0.6 is 12.2 Å². The van der Waals surface area contributed by atoms with Crippen LogP contribution in [-0.4, -0.2) is 26.1 Å². The van der Waals surface area contributed by atoms with E-state index in [2.05, 4.69) is 15.4 Å². The molecule has 0 spiro atoms. The van der Waals surface area contributed by atoms with Gasteiger partial charge in [-0.2, -0.15) is 0 Å². The summed E-state index contributed by atoms with van der Waals surface area (Å²) in [4.78, 5) is 0.326. The quantitative estimate of drug-likeness (QED) is 0.618. The van der Waals surface area contributed by atoms with Crippen molar-refractivity contribution in [1.29, 1.82) is 0 Å². The molecule has 144 valence electrons. The molecular weight excluding hydrogens is 378 g/mol. The van der Waals surface area contributed by atoms with Gasteiger partial charge in [0.1, 0.15) is 0 Å². The maximum Gasteiger partial charge on any atom is 0.240 e. The van der Waals surface area contributed by atoms with Gasteiger partial charge in [-0.1, -0.05) is 43.2 Å². The van der Waals surface area contributed by atoms with Crippen molar-refractivity contribution in [1.82, 2.24) is 10.0 Å².